The van der Waals surface area contributed by atoms with E-state index in [1.54, 1.807) is 0 Å². The van der Waals surface area contributed by atoms with Crippen LogP contribution in [0.1, 0.15) is 37.3 Å². The molecule has 3 saturated heterocycles. The Balaban J connectivity index is 1.46. The monoisotopic (exact) mass is 467 g/mol. The second-order valence-corrected chi connectivity index (χ2v) is 8.46. The van der Waals surface area contributed by atoms with Crippen molar-refractivity contribution in [1.29, 1.82) is 0 Å². The van der Waals surface area contributed by atoms with Crippen LogP contribution in [0.3, 0.4) is 0 Å². The number of carbonyl (C=O) groups is 3. The number of imide groups is 2. The van der Waals surface area contributed by atoms with Gasteiger partial charge in [-0.1, -0.05) is 0 Å². The van der Waals surface area contributed by atoms with Crippen LogP contribution in [-0.2, 0) is 19.1 Å². The number of nitrogens with one attached hydrogen (secondary N) is 1. The molecule has 3 aliphatic heterocycles. The second kappa shape index (κ2) is 10.1. The van der Waals surface area contributed by atoms with Crippen LogP contribution in [0.2, 0.25) is 0 Å². The molecular weight excluding hydrogens is 440 g/mol. The van der Waals surface area contributed by atoms with Crippen molar-refractivity contribution in [3.8, 4) is 5.75 Å². The lowest BCUT2D eigenvalue weighted by molar-refractivity contribution is -0.146. The van der Waals surface area contributed by atoms with Gasteiger partial charge in [0.05, 0.1) is 19.3 Å². The Morgan fingerprint density at radius 3 is 2.58 bits per heavy atom. The van der Waals surface area contributed by atoms with Crippen LogP contribution in [0.5, 0.6) is 5.75 Å². The third kappa shape index (κ3) is 5.15. The largest absolute Gasteiger partial charge is 0.488 e. The van der Waals surface area contributed by atoms with E-state index in [1.807, 2.05) is 0 Å². The number of urea groups is 1. The summed E-state index contributed by atoms with van der Waals surface area (Å²) in [7, 11) is 0. The number of benzene rings is 1. The van der Waals surface area contributed by atoms with Crippen LogP contribution in [0.4, 0.5) is 13.6 Å². The van der Waals surface area contributed by atoms with Crippen molar-refractivity contribution in [2.75, 3.05) is 26.4 Å². The van der Waals surface area contributed by atoms with E-state index >= 15 is 4.39 Å². The molecule has 0 radical (unpaired) electrons. The number of carbonyl (C=O) groups excluding carboxylic acids is 3. The number of alkyl halides is 1. The Labute approximate surface area is 189 Å². The molecule has 3 aliphatic rings. The summed E-state index contributed by atoms with van der Waals surface area (Å²) in [4.78, 5) is 38.5. The highest BCUT2D eigenvalue weighted by atomic mass is 19.1. The molecule has 0 saturated carbocycles. The van der Waals surface area contributed by atoms with Gasteiger partial charge in [0.2, 0.25) is 11.8 Å². The highest BCUT2D eigenvalue weighted by Gasteiger charge is 2.45. The smallest absolute Gasteiger partial charge is 0.331 e. The van der Waals surface area contributed by atoms with Gasteiger partial charge >= 0.3 is 6.03 Å². The van der Waals surface area contributed by atoms with E-state index in [0.717, 1.165) is 11.0 Å². The topological polar surface area (TPSA) is 120 Å². The van der Waals surface area contributed by atoms with Crippen LogP contribution in [0, 0.1) is 11.7 Å². The maximum absolute atomic E-state index is 15.2. The van der Waals surface area contributed by atoms with Gasteiger partial charge in [-0.05, 0) is 31.0 Å². The molecule has 4 rings (SSSR count). The Hall–Kier alpha value is -2.63. The number of ether oxygens (including phenoxy) is 3. The number of hydrogen-bond acceptors (Lipinski definition) is 7. The first-order valence-electron chi connectivity index (χ1n) is 11.0. The van der Waals surface area contributed by atoms with Crippen molar-refractivity contribution >= 4 is 17.8 Å². The lowest BCUT2D eigenvalue weighted by Crippen LogP contribution is -2.62. The number of nitrogens with zero attached hydrogens (tertiary/aromatic N) is 1. The first-order chi connectivity index (χ1) is 15.8. The summed E-state index contributed by atoms with van der Waals surface area (Å²) in [6.07, 6.45) is -1.14. The predicted octanol–water partition coefficient (Wildman–Crippen LogP) is 1.59. The van der Waals surface area contributed by atoms with Gasteiger partial charge in [-0.15, -0.1) is 0 Å². The molecule has 9 nitrogen and oxygen atoms in total. The summed E-state index contributed by atoms with van der Waals surface area (Å²) in [6.45, 7) is 1.73. The fourth-order valence-corrected chi connectivity index (χ4v) is 4.35. The van der Waals surface area contributed by atoms with Crippen molar-refractivity contribution in [2.45, 2.75) is 50.0 Å². The third-order valence-electron chi connectivity index (χ3n) is 6.22. The maximum atomic E-state index is 15.2. The van der Waals surface area contributed by atoms with Crippen molar-refractivity contribution in [1.82, 2.24) is 10.2 Å². The van der Waals surface area contributed by atoms with Crippen molar-refractivity contribution in [3.63, 3.8) is 0 Å². The molecule has 3 heterocycles. The zero-order valence-electron chi connectivity index (χ0n) is 18.0. The molecular formula is C22H27F2N3O6. The van der Waals surface area contributed by atoms with Gasteiger partial charge in [-0.25, -0.2) is 13.6 Å². The van der Waals surface area contributed by atoms with Gasteiger partial charge in [-0.2, -0.15) is 0 Å². The molecule has 3 fully saturated rings. The summed E-state index contributed by atoms with van der Waals surface area (Å²) in [5.74, 6) is -3.50. The van der Waals surface area contributed by atoms with Crippen LogP contribution in [0.15, 0.2) is 18.2 Å². The highest BCUT2D eigenvalue weighted by molar-refractivity contribution is 6.16. The standard InChI is InChI=1S/C22H27F2N3O6/c23-17-2-1-13(33-14-5-8-32-11-14)9-15(17)19(25)18(24)10-16-20(28)26-22(30)27(21(16)29)12-3-6-31-7-4-12/h1-2,9,12,14,16,18-19H,3-8,10-11,25H2,(H,26,28,30)/t14-,16?,18-,19-/m0/s1. The first kappa shape index (κ1) is 23.5. The minimum atomic E-state index is -1.92. The molecule has 33 heavy (non-hydrogen) atoms. The average molecular weight is 467 g/mol. The number of nitrogens with two attached hydrogens (primary N) is 1. The summed E-state index contributed by atoms with van der Waals surface area (Å²) in [6, 6.07) is 1.19. The summed E-state index contributed by atoms with van der Waals surface area (Å²) >= 11 is 0. The number of barbiturate groups is 1. The molecule has 4 amide bonds. The summed E-state index contributed by atoms with van der Waals surface area (Å²) in [5.41, 5.74) is 5.87. The van der Waals surface area contributed by atoms with Crippen LogP contribution in [-0.4, -0.2) is 67.5 Å². The number of halogens is 2. The fourth-order valence-electron chi connectivity index (χ4n) is 4.35. The van der Waals surface area contributed by atoms with E-state index < -0.39 is 54.3 Å². The number of amides is 4. The van der Waals surface area contributed by atoms with E-state index in [-0.39, 0.29) is 11.7 Å². The molecule has 1 unspecified atom stereocenters. The van der Waals surface area contributed by atoms with E-state index in [0.29, 0.717) is 51.4 Å². The number of rotatable bonds is 7. The molecule has 4 atom stereocenters. The normalized spacial score (nSPS) is 26.3. The fraction of sp³-hybridized carbons (Fsp3) is 0.591. The average Bonchev–Trinajstić information content (AvgIpc) is 3.31. The van der Waals surface area contributed by atoms with Gasteiger partial charge in [0.15, 0.2) is 0 Å². The maximum Gasteiger partial charge on any atom is 0.331 e. The van der Waals surface area contributed by atoms with Gasteiger partial charge in [0.1, 0.15) is 29.8 Å². The van der Waals surface area contributed by atoms with E-state index in [2.05, 4.69) is 5.32 Å². The lowest BCUT2D eigenvalue weighted by Gasteiger charge is -2.37. The Morgan fingerprint density at radius 1 is 1.15 bits per heavy atom. The minimum absolute atomic E-state index is 0.125. The quantitative estimate of drug-likeness (QED) is 0.585. The van der Waals surface area contributed by atoms with Crippen molar-refractivity contribution < 1.29 is 37.4 Å². The Kier molecular flexibility index (Phi) is 7.20. The van der Waals surface area contributed by atoms with Gasteiger partial charge in [-0.3, -0.25) is 19.8 Å². The molecule has 1 aromatic rings. The van der Waals surface area contributed by atoms with Crippen LogP contribution < -0.4 is 15.8 Å². The Bertz CT molecular complexity index is 904. The van der Waals surface area contributed by atoms with Crippen molar-refractivity contribution in [2.24, 2.45) is 11.7 Å². The minimum Gasteiger partial charge on any atom is -0.488 e. The van der Waals surface area contributed by atoms with E-state index in [9.17, 15) is 18.8 Å². The van der Waals surface area contributed by atoms with Crippen LogP contribution in [0.25, 0.3) is 0 Å². The van der Waals surface area contributed by atoms with Gasteiger partial charge < -0.3 is 19.9 Å². The molecule has 0 spiro atoms. The highest BCUT2D eigenvalue weighted by Crippen LogP contribution is 2.31. The molecule has 0 aromatic heterocycles. The van der Waals surface area contributed by atoms with Crippen molar-refractivity contribution in [3.05, 3.63) is 29.6 Å². The molecule has 11 heteroatoms. The lowest BCUT2D eigenvalue weighted by atomic mass is 9.91. The SMILES string of the molecule is N[C@@H](c1cc(O[C@H]2CCOC2)ccc1F)[C@@H](F)CC1C(=O)NC(=O)N(C2CCOCC2)C1=O. The molecule has 3 N–H and O–H groups in total. The number of hydrogen-bond donors (Lipinski definition) is 2. The molecule has 0 aliphatic carbocycles. The zero-order chi connectivity index (χ0) is 23.5. The molecule has 0 bridgehead atoms. The zero-order valence-corrected chi connectivity index (χ0v) is 18.0. The Morgan fingerprint density at radius 2 is 1.88 bits per heavy atom. The first-order valence-corrected chi connectivity index (χ1v) is 11.0. The van der Waals surface area contributed by atoms with Crippen LogP contribution >= 0.6 is 0 Å². The van der Waals surface area contributed by atoms with E-state index in [1.165, 1.54) is 12.1 Å². The summed E-state index contributed by atoms with van der Waals surface area (Å²) in [5, 5.41) is 2.13. The second-order valence-electron chi connectivity index (χ2n) is 8.46. The van der Waals surface area contributed by atoms with Gasteiger partial charge in [0.25, 0.3) is 0 Å². The molecule has 180 valence electrons. The van der Waals surface area contributed by atoms with E-state index in [4.69, 9.17) is 19.9 Å². The molecule has 1 aromatic carbocycles. The summed E-state index contributed by atoms with van der Waals surface area (Å²) < 4.78 is 45.9. The third-order valence-corrected chi connectivity index (χ3v) is 6.22. The van der Waals surface area contributed by atoms with Gasteiger partial charge in [0, 0.05) is 37.7 Å². The predicted molar refractivity (Wildman–Crippen MR) is 110 cm³/mol.